The second-order valence-corrected chi connectivity index (χ2v) is 5.12. The summed E-state index contributed by atoms with van der Waals surface area (Å²) in [5, 5.41) is 22.3. The third-order valence-corrected chi connectivity index (χ3v) is 3.60. The zero-order chi connectivity index (χ0) is 13.1. The molecule has 2 heterocycles. The quantitative estimate of drug-likeness (QED) is 0.755. The molecule has 1 aliphatic rings. The van der Waals surface area contributed by atoms with Crippen molar-refractivity contribution in [1.29, 1.82) is 0 Å². The molecule has 3 N–H and O–H groups in total. The standard InChI is InChI=1S/C11H17BrN4O2/c1-2-3-13-10-9(12)11(15-6-14-10)16-4-7(17)8(18)5-16/h6-8,17-18H,2-5H2,1H3,(H,13,14,15). The van der Waals surface area contributed by atoms with E-state index in [1.54, 1.807) is 0 Å². The monoisotopic (exact) mass is 316 g/mol. The fourth-order valence-electron chi connectivity index (χ4n) is 1.89. The van der Waals surface area contributed by atoms with Gasteiger partial charge in [0, 0.05) is 19.6 Å². The van der Waals surface area contributed by atoms with Gasteiger partial charge in [0.2, 0.25) is 0 Å². The van der Waals surface area contributed by atoms with E-state index in [9.17, 15) is 10.2 Å². The van der Waals surface area contributed by atoms with Gasteiger partial charge in [-0.15, -0.1) is 0 Å². The fourth-order valence-corrected chi connectivity index (χ4v) is 2.49. The number of aromatic nitrogens is 2. The number of hydrogen-bond acceptors (Lipinski definition) is 6. The Labute approximate surface area is 114 Å². The zero-order valence-corrected chi connectivity index (χ0v) is 11.8. The Hall–Kier alpha value is -0.920. The maximum absolute atomic E-state index is 9.57. The van der Waals surface area contributed by atoms with Crippen LogP contribution in [0.2, 0.25) is 0 Å². The molecular formula is C11H17BrN4O2. The van der Waals surface area contributed by atoms with E-state index in [2.05, 4.69) is 38.1 Å². The number of aliphatic hydroxyl groups excluding tert-OH is 2. The first-order valence-corrected chi connectivity index (χ1v) is 6.78. The summed E-state index contributed by atoms with van der Waals surface area (Å²) in [6, 6.07) is 0. The predicted molar refractivity (Wildman–Crippen MR) is 72.7 cm³/mol. The predicted octanol–water partition coefficient (Wildman–Crippen LogP) is 0.603. The third-order valence-electron chi connectivity index (χ3n) is 2.87. The highest BCUT2D eigenvalue weighted by atomic mass is 79.9. The van der Waals surface area contributed by atoms with Crippen molar-refractivity contribution in [2.24, 2.45) is 0 Å². The van der Waals surface area contributed by atoms with Crippen molar-refractivity contribution in [3.63, 3.8) is 0 Å². The molecule has 0 saturated carbocycles. The fraction of sp³-hybridized carbons (Fsp3) is 0.636. The largest absolute Gasteiger partial charge is 0.389 e. The van der Waals surface area contributed by atoms with Crippen LogP contribution in [-0.4, -0.2) is 52.0 Å². The van der Waals surface area contributed by atoms with Crippen molar-refractivity contribution in [3.8, 4) is 0 Å². The molecule has 18 heavy (non-hydrogen) atoms. The van der Waals surface area contributed by atoms with Crippen molar-refractivity contribution in [2.45, 2.75) is 25.6 Å². The van der Waals surface area contributed by atoms with Gasteiger partial charge in [0.05, 0.1) is 12.2 Å². The van der Waals surface area contributed by atoms with Crippen LogP contribution < -0.4 is 10.2 Å². The number of halogens is 1. The van der Waals surface area contributed by atoms with Crippen molar-refractivity contribution < 1.29 is 10.2 Å². The number of β-amino-alcohol motifs (C(OH)–C–C–N with tert-alkyl or cyclic N) is 2. The summed E-state index contributed by atoms with van der Waals surface area (Å²) in [4.78, 5) is 10.2. The van der Waals surface area contributed by atoms with Crippen LogP contribution in [0.1, 0.15) is 13.3 Å². The minimum absolute atomic E-state index is 0.379. The number of rotatable bonds is 4. The molecule has 100 valence electrons. The van der Waals surface area contributed by atoms with Gasteiger partial charge in [-0.05, 0) is 22.4 Å². The Kier molecular flexibility index (Phi) is 4.36. The van der Waals surface area contributed by atoms with Gasteiger partial charge in [0.1, 0.15) is 22.4 Å². The smallest absolute Gasteiger partial charge is 0.148 e. The highest BCUT2D eigenvalue weighted by Gasteiger charge is 2.31. The van der Waals surface area contributed by atoms with Crippen LogP contribution >= 0.6 is 15.9 Å². The van der Waals surface area contributed by atoms with Gasteiger partial charge in [0.25, 0.3) is 0 Å². The SMILES string of the molecule is CCCNc1ncnc(N2CC(O)C(O)C2)c1Br. The molecule has 0 aliphatic carbocycles. The van der Waals surface area contributed by atoms with Crippen LogP contribution in [0.4, 0.5) is 11.6 Å². The molecule has 6 nitrogen and oxygen atoms in total. The minimum Gasteiger partial charge on any atom is -0.389 e. The highest BCUT2D eigenvalue weighted by molar-refractivity contribution is 9.10. The first kappa shape index (κ1) is 13.5. The molecule has 0 aromatic carbocycles. The number of hydrogen-bond donors (Lipinski definition) is 3. The van der Waals surface area contributed by atoms with Gasteiger partial charge in [-0.1, -0.05) is 6.92 Å². The maximum atomic E-state index is 9.57. The number of aliphatic hydroxyl groups is 2. The van der Waals surface area contributed by atoms with Crippen molar-refractivity contribution in [3.05, 3.63) is 10.8 Å². The van der Waals surface area contributed by atoms with E-state index >= 15 is 0 Å². The van der Waals surface area contributed by atoms with E-state index < -0.39 is 12.2 Å². The average Bonchev–Trinajstić information content (AvgIpc) is 2.68. The zero-order valence-electron chi connectivity index (χ0n) is 10.2. The van der Waals surface area contributed by atoms with Crippen LogP contribution in [0, 0.1) is 0 Å². The second-order valence-electron chi connectivity index (χ2n) is 4.33. The molecule has 1 saturated heterocycles. The molecule has 1 fully saturated rings. The van der Waals surface area contributed by atoms with E-state index in [-0.39, 0.29) is 0 Å². The Morgan fingerprint density at radius 1 is 1.39 bits per heavy atom. The van der Waals surface area contributed by atoms with Gasteiger partial charge >= 0.3 is 0 Å². The van der Waals surface area contributed by atoms with Crippen LogP contribution in [0.15, 0.2) is 10.8 Å². The summed E-state index contributed by atoms with van der Waals surface area (Å²) >= 11 is 3.47. The van der Waals surface area contributed by atoms with Gasteiger partial charge in [0.15, 0.2) is 0 Å². The summed E-state index contributed by atoms with van der Waals surface area (Å²) in [5.41, 5.74) is 0. The lowest BCUT2D eigenvalue weighted by Crippen LogP contribution is -2.23. The van der Waals surface area contributed by atoms with E-state index in [0.29, 0.717) is 18.9 Å². The van der Waals surface area contributed by atoms with Crippen LogP contribution in [0.3, 0.4) is 0 Å². The van der Waals surface area contributed by atoms with Gasteiger partial charge < -0.3 is 20.4 Å². The number of nitrogens with zero attached hydrogens (tertiary/aromatic N) is 3. The second kappa shape index (κ2) is 5.81. The van der Waals surface area contributed by atoms with Crippen LogP contribution in [0.25, 0.3) is 0 Å². The normalized spacial score (nSPS) is 23.4. The van der Waals surface area contributed by atoms with Crippen molar-refractivity contribution in [1.82, 2.24) is 9.97 Å². The molecular weight excluding hydrogens is 300 g/mol. The lowest BCUT2D eigenvalue weighted by Gasteiger charge is -2.19. The van der Waals surface area contributed by atoms with Gasteiger partial charge in [-0.3, -0.25) is 0 Å². The van der Waals surface area contributed by atoms with E-state index in [0.717, 1.165) is 23.3 Å². The molecule has 0 amide bonds. The summed E-state index contributed by atoms with van der Waals surface area (Å²) in [6.45, 7) is 3.67. The van der Waals surface area contributed by atoms with Crippen molar-refractivity contribution >= 4 is 27.6 Å². The Morgan fingerprint density at radius 2 is 2.06 bits per heavy atom. The van der Waals surface area contributed by atoms with Gasteiger partial charge in [-0.25, -0.2) is 9.97 Å². The molecule has 2 rings (SSSR count). The summed E-state index contributed by atoms with van der Waals surface area (Å²) in [6.07, 6.45) is 1.04. The molecule has 1 aliphatic heterocycles. The Balaban J connectivity index is 2.18. The van der Waals surface area contributed by atoms with Crippen LogP contribution in [0.5, 0.6) is 0 Å². The first-order valence-electron chi connectivity index (χ1n) is 5.99. The molecule has 0 spiro atoms. The third kappa shape index (κ3) is 2.73. The molecule has 1 aromatic rings. The molecule has 7 heteroatoms. The number of nitrogens with one attached hydrogen (secondary N) is 1. The van der Waals surface area contributed by atoms with Crippen molar-refractivity contribution in [2.75, 3.05) is 29.9 Å². The summed E-state index contributed by atoms with van der Waals surface area (Å²) in [5.74, 6) is 1.43. The van der Waals surface area contributed by atoms with Gasteiger partial charge in [-0.2, -0.15) is 0 Å². The van der Waals surface area contributed by atoms with Crippen LogP contribution in [-0.2, 0) is 0 Å². The minimum atomic E-state index is -0.723. The lowest BCUT2D eigenvalue weighted by molar-refractivity contribution is 0.0572. The summed E-state index contributed by atoms with van der Waals surface area (Å²) < 4.78 is 0.764. The molecule has 2 atom stereocenters. The highest BCUT2D eigenvalue weighted by Crippen LogP contribution is 2.31. The molecule has 0 bridgehead atoms. The topological polar surface area (TPSA) is 81.5 Å². The molecule has 0 radical (unpaired) electrons. The lowest BCUT2D eigenvalue weighted by atomic mass is 10.3. The van der Waals surface area contributed by atoms with E-state index in [1.807, 2.05) is 4.90 Å². The Bertz CT molecular complexity index is 408. The van der Waals surface area contributed by atoms with E-state index in [4.69, 9.17) is 0 Å². The van der Waals surface area contributed by atoms with E-state index in [1.165, 1.54) is 6.33 Å². The first-order chi connectivity index (χ1) is 8.63. The summed E-state index contributed by atoms with van der Waals surface area (Å²) in [7, 11) is 0. The molecule has 1 aromatic heterocycles. The molecule has 2 unspecified atom stereocenters. The Morgan fingerprint density at radius 3 is 2.67 bits per heavy atom. The maximum Gasteiger partial charge on any atom is 0.148 e. The number of anilines is 2. The average molecular weight is 317 g/mol.